The van der Waals surface area contributed by atoms with Crippen molar-refractivity contribution in [2.24, 2.45) is 5.92 Å². The SMILES string of the molecule is CC1CCOc2c(C(C)C)cnn2C1. The second-order valence-electron chi connectivity index (χ2n) is 4.48. The number of fused-ring (bicyclic) bond motifs is 1. The highest BCUT2D eigenvalue weighted by atomic mass is 16.5. The second kappa shape index (κ2) is 3.64. The van der Waals surface area contributed by atoms with Gasteiger partial charge >= 0.3 is 0 Å². The normalized spacial score (nSPS) is 21.6. The smallest absolute Gasteiger partial charge is 0.215 e. The third kappa shape index (κ3) is 1.63. The van der Waals surface area contributed by atoms with E-state index in [1.807, 2.05) is 10.9 Å². The van der Waals surface area contributed by atoms with Crippen molar-refractivity contribution in [3.05, 3.63) is 11.8 Å². The number of ether oxygens (including phenoxy) is 1. The van der Waals surface area contributed by atoms with Gasteiger partial charge < -0.3 is 4.74 Å². The van der Waals surface area contributed by atoms with E-state index in [2.05, 4.69) is 25.9 Å². The highest BCUT2D eigenvalue weighted by Crippen LogP contribution is 2.29. The average Bonchev–Trinajstić information content (AvgIpc) is 2.41. The zero-order chi connectivity index (χ0) is 10.1. The summed E-state index contributed by atoms with van der Waals surface area (Å²) in [5, 5.41) is 4.38. The van der Waals surface area contributed by atoms with E-state index in [0.29, 0.717) is 11.8 Å². The van der Waals surface area contributed by atoms with Crippen LogP contribution in [0.5, 0.6) is 5.88 Å². The molecule has 0 saturated carbocycles. The van der Waals surface area contributed by atoms with Gasteiger partial charge in [-0.3, -0.25) is 0 Å². The predicted octanol–water partition coefficient (Wildman–Crippen LogP) is 2.43. The Bertz CT molecular complexity index is 317. The van der Waals surface area contributed by atoms with Gasteiger partial charge in [0.05, 0.1) is 12.8 Å². The zero-order valence-corrected chi connectivity index (χ0v) is 9.16. The highest BCUT2D eigenvalue weighted by molar-refractivity contribution is 5.27. The molecule has 1 atom stereocenters. The molecular weight excluding hydrogens is 176 g/mol. The lowest BCUT2D eigenvalue weighted by molar-refractivity contribution is 0.291. The van der Waals surface area contributed by atoms with Crippen molar-refractivity contribution in [2.45, 2.75) is 39.7 Å². The largest absolute Gasteiger partial charge is 0.478 e. The predicted molar refractivity (Wildman–Crippen MR) is 55.6 cm³/mol. The van der Waals surface area contributed by atoms with Crippen LogP contribution in [-0.4, -0.2) is 16.4 Å². The molecular formula is C11H18N2O. The van der Waals surface area contributed by atoms with Crippen molar-refractivity contribution in [3.63, 3.8) is 0 Å². The number of nitrogens with zero attached hydrogens (tertiary/aromatic N) is 2. The molecule has 2 rings (SSSR count). The Labute approximate surface area is 85.1 Å². The summed E-state index contributed by atoms with van der Waals surface area (Å²) >= 11 is 0. The van der Waals surface area contributed by atoms with E-state index >= 15 is 0 Å². The fourth-order valence-corrected chi connectivity index (χ4v) is 1.82. The first-order valence-corrected chi connectivity index (χ1v) is 5.37. The molecule has 1 aliphatic heterocycles. The molecule has 0 saturated heterocycles. The molecule has 0 radical (unpaired) electrons. The number of hydrogen-bond acceptors (Lipinski definition) is 2. The number of rotatable bonds is 1. The van der Waals surface area contributed by atoms with Crippen molar-refractivity contribution in [1.29, 1.82) is 0 Å². The standard InChI is InChI=1S/C11H18N2O/c1-8(2)10-6-12-13-7-9(3)4-5-14-11(10)13/h6,8-9H,4-5,7H2,1-3H3. The minimum absolute atomic E-state index is 0.493. The van der Waals surface area contributed by atoms with Gasteiger partial charge in [-0.1, -0.05) is 20.8 Å². The third-order valence-electron chi connectivity index (χ3n) is 2.77. The van der Waals surface area contributed by atoms with E-state index in [1.54, 1.807) is 0 Å². The summed E-state index contributed by atoms with van der Waals surface area (Å²) in [4.78, 5) is 0. The maximum absolute atomic E-state index is 5.75. The molecule has 0 aromatic carbocycles. The van der Waals surface area contributed by atoms with Crippen LogP contribution in [0.3, 0.4) is 0 Å². The Kier molecular flexibility index (Phi) is 2.48. The van der Waals surface area contributed by atoms with Gasteiger partial charge in [-0.25, -0.2) is 4.68 Å². The van der Waals surface area contributed by atoms with E-state index in [-0.39, 0.29) is 0 Å². The first kappa shape index (κ1) is 9.56. The van der Waals surface area contributed by atoms with Crippen LogP contribution >= 0.6 is 0 Å². The van der Waals surface area contributed by atoms with Gasteiger partial charge in [-0.15, -0.1) is 0 Å². The van der Waals surface area contributed by atoms with Crippen LogP contribution in [0.15, 0.2) is 6.20 Å². The summed E-state index contributed by atoms with van der Waals surface area (Å²) < 4.78 is 7.76. The molecule has 2 heterocycles. The molecule has 0 N–H and O–H groups in total. The van der Waals surface area contributed by atoms with Crippen LogP contribution in [-0.2, 0) is 6.54 Å². The molecule has 3 heteroatoms. The van der Waals surface area contributed by atoms with Crippen molar-refractivity contribution < 1.29 is 4.74 Å². The topological polar surface area (TPSA) is 27.1 Å². The minimum atomic E-state index is 0.493. The molecule has 0 aliphatic carbocycles. The van der Waals surface area contributed by atoms with Gasteiger partial charge in [-0.05, 0) is 18.3 Å². The number of hydrogen-bond donors (Lipinski definition) is 0. The quantitative estimate of drug-likeness (QED) is 0.686. The Hall–Kier alpha value is -0.990. The van der Waals surface area contributed by atoms with E-state index < -0.39 is 0 Å². The molecule has 1 aromatic rings. The van der Waals surface area contributed by atoms with Gasteiger partial charge in [-0.2, -0.15) is 5.10 Å². The summed E-state index contributed by atoms with van der Waals surface area (Å²) in [5.41, 5.74) is 1.24. The molecule has 0 spiro atoms. The van der Waals surface area contributed by atoms with Gasteiger partial charge in [0, 0.05) is 12.1 Å². The third-order valence-corrected chi connectivity index (χ3v) is 2.77. The Morgan fingerprint density at radius 1 is 1.57 bits per heavy atom. The van der Waals surface area contributed by atoms with E-state index in [0.717, 1.165) is 25.5 Å². The Balaban J connectivity index is 2.32. The molecule has 0 fully saturated rings. The lowest BCUT2D eigenvalue weighted by atomic mass is 10.1. The van der Waals surface area contributed by atoms with Crippen LogP contribution in [0.2, 0.25) is 0 Å². The summed E-state index contributed by atoms with van der Waals surface area (Å²) in [5.74, 6) is 2.15. The van der Waals surface area contributed by atoms with Crippen LogP contribution < -0.4 is 4.74 Å². The Morgan fingerprint density at radius 2 is 2.36 bits per heavy atom. The second-order valence-corrected chi connectivity index (χ2v) is 4.48. The molecule has 1 unspecified atom stereocenters. The van der Waals surface area contributed by atoms with Crippen LogP contribution in [0.4, 0.5) is 0 Å². The van der Waals surface area contributed by atoms with Gasteiger partial charge in [0.25, 0.3) is 0 Å². The first-order chi connectivity index (χ1) is 6.68. The molecule has 0 amide bonds. The first-order valence-electron chi connectivity index (χ1n) is 5.37. The molecule has 1 aliphatic rings. The monoisotopic (exact) mass is 194 g/mol. The summed E-state index contributed by atoms with van der Waals surface area (Å²) in [7, 11) is 0. The summed E-state index contributed by atoms with van der Waals surface area (Å²) in [6.45, 7) is 8.41. The minimum Gasteiger partial charge on any atom is -0.478 e. The molecule has 78 valence electrons. The van der Waals surface area contributed by atoms with Crippen molar-refractivity contribution >= 4 is 0 Å². The fraction of sp³-hybridized carbons (Fsp3) is 0.727. The van der Waals surface area contributed by atoms with Crippen molar-refractivity contribution in [3.8, 4) is 5.88 Å². The summed E-state index contributed by atoms with van der Waals surface area (Å²) in [6, 6.07) is 0. The lowest BCUT2D eigenvalue weighted by Gasteiger charge is -2.08. The zero-order valence-electron chi connectivity index (χ0n) is 9.16. The number of aromatic nitrogens is 2. The maximum Gasteiger partial charge on any atom is 0.215 e. The maximum atomic E-state index is 5.75. The lowest BCUT2D eigenvalue weighted by Crippen LogP contribution is -2.05. The molecule has 1 aromatic heterocycles. The van der Waals surface area contributed by atoms with E-state index in [9.17, 15) is 0 Å². The molecule has 3 nitrogen and oxygen atoms in total. The van der Waals surface area contributed by atoms with Crippen molar-refractivity contribution in [1.82, 2.24) is 9.78 Å². The summed E-state index contributed by atoms with van der Waals surface area (Å²) in [6.07, 6.45) is 3.07. The van der Waals surface area contributed by atoms with E-state index in [1.165, 1.54) is 5.56 Å². The van der Waals surface area contributed by atoms with Crippen LogP contribution in [0.1, 0.15) is 38.7 Å². The van der Waals surface area contributed by atoms with Crippen molar-refractivity contribution in [2.75, 3.05) is 6.61 Å². The molecule has 14 heavy (non-hydrogen) atoms. The average molecular weight is 194 g/mol. The van der Waals surface area contributed by atoms with Crippen LogP contribution in [0, 0.1) is 5.92 Å². The van der Waals surface area contributed by atoms with Crippen LogP contribution in [0.25, 0.3) is 0 Å². The fourth-order valence-electron chi connectivity index (χ4n) is 1.82. The van der Waals surface area contributed by atoms with E-state index in [4.69, 9.17) is 4.74 Å². The Morgan fingerprint density at radius 3 is 3.07 bits per heavy atom. The van der Waals surface area contributed by atoms with Gasteiger partial charge in [0.15, 0.2) is 0 Å². The van der Waals surface area contributed by atoms with Gasteiger partial charge in [0.1, 0.15) is 0 Å². The van der Waals surface area contributed by atoms with Gasteiger partial charge in [0.2, 0.25) is 5.88 Å². The highest BCUT2D eigenvalue weighted by Gasteiger charge is 2.19. The molecule has 0 bridgehead atoms.